The Morgan fingerprint density at radius 3 is 2.43 bits per heavy atom. The SMILES string of the molecule is O=C(NCc1ccccn1)c1cccc(NS(=O)(=O)c2ccc3ccccc3c2)c1. The minimum absolute atomic E-state index is 0.159. The fraction of sp³-hybridized carbons (Fsp3) is 0.0435. The Labute approximate surface area is 174 Å². The third kappa shape index (κ3) is 4.47. The standard InChI is InChI=1S/C23H19N3O3S/c27-23(25-16-21-9-3-4-13-24-21)19-8-5-10-20(14-19)26-30(28,29)22-12-11-17-6-1-2-7-18(17)15-22/h1-15,26H,16H2,(H,25,27). The van der Waals surface area contributed by atoms with Crippen LogP contribution in [0.1, 0.15) is 16.1 Å². The third-order valence-corrected chi connectivity index (χ3v) is 5.94. The highest BCUT2D eigenvalue weighted by atomic mass is 32.2. The van der Waals surface area contributed by atoms with Gasteiger partial charge in [-0.05, 0) is 53.2 Å². The molecule has 0 spiro atoms. The summed E-state index contributed by atoms with van der Waals surface area (Å²) in [7, 11) is -3.79. The Balaban J connectivity index is 1.50. The van der Waals surface area contributed by atoms with Crippen LogP contribution in [0, 0.1) is 0 Å². The van der Waals surface area contributed by atoms with Crippen LogP contribution in [0.4, 0.5) is 5.69 Å². The molecule has 0 radical (unpaired) electrons. The first-order valence-corrected chi connectivity index (χ1v) is 10.8. The summed E-state index contributed by atoms with van der Waals surface area (Å²) in [6.45, 7) is 0.284. The molecule has 0 unspecified atom stereocenters. The number of sulfonamides is 1. The molecule has 0 aliphatic heterocycles. The Hall–Kier alpha value is -3.71. The van der Waals surface area contributed by atoms with Crippen molar-refractivity contribution in [1.29, 1.82) is 0 Å². The molecule has 30 heavy (non-hydrogen) atoms. The van der Waals surface area contributed by atoms with Crippen LogP contribution in [0.3, 0.4) is 0 Å². The van der Waals surface area contributed by atoms with Gasteiger partial charge in [0.15, 0.2) is 0 Å². The van der Waals surface area contributed by atoms with Gasteiger partial charge >= 0.3 is 0 Å². The fourth-order valence-electron chi connectivity index (χ4n) is 3.05. The molecule has 0 atom stereocenters. The van der Waals surface area contributed by atoms with Gasteiger partial charge in [0.1, 0.15) is 0 Å². The summed E-state index contributed by atoms with van der Waals surface area (Å²) in [6.07, 6.45) is 1.66. The first-order valence-electron chi connectivity index (χ1n) is 9.31. The second-order valence-electron chi connectivity index (χ2n) is 6.70. The Morgan fingerprint density at radius 1 is 0.833 bits per heavy atom. The van der Waals surface area contributed by atoms with Gasteiger partial charge in [-0.1, -0.05) is 42.5 Å². The highest BCUT2D eigenvalue weighted by molar-refractivity contribution is 7.92. The molecule has 7 heteroatoms. The molecule has 4 aromatic rings. The molecule has 0 bridgehead atoms. The number of carbonyl (C=O) groups excluding carboxylic acids is 1. The summed E-state index contributed by atoms with van der Waals surface area (Å²) in [6, 6.07) is 24.3. The number of pyridine rings is 1. The van der Waals surface area contributed by atoms with Crippen molar-refractivity contribution in [3.05, 3.63) is 102 Å². The van der Waals surface area contributed by atoms with E-state index in [1.807, 2.05) is 36.4 Å². The molecule has 1 aromatic heterocycles. The van der Waals surface area contributed by atoms with Gasteiger partial charge in [0.25, 0.3) is 15.9 Å². The second-order valence-corrected chi connectivity index (χ2v) is 8.38. The van der Waals surface area contributed by atoms with Crippen molar-refractivity contribution in [3.63, 3.8) is 0 Å². The zero-order chi connectivity index (χ0) is 21.0. The molecule has 3 aromatic carbocycles. The van der Waals surface area contributed by atoms with Crippen molar-refractivity contribution in [2.75, 3.05) is 4.72 Å². The van der Waals surface area contributed by atoms with Crippen LogP contribution >= 0.6 is 0 Å². The summed E-state index contributed by atoms with van der Waals surface area (Å²) >= 11 is 0. The lowest BCUT2D eigenvalue weighted by Crippen LogP contribution is -2.23. The minimum atomic E-state index is -3.79. The largest absolute Gasteiger partial charge is 0.346 e. The number of aromatic nitrogens is 1. The monoisotopic (exact) mass is 417 g/mol. The number of hydrogen-bond acceptors (Lipinski definition) is 4. The van der Waals surface area contributed by atoms with Crippen molar-refractivity contribution in [2.24, 2.45) is 0 Å². The summed E-state index contributed by atoms with van der Waals surface area (Å²) in [4.78, 5) is 16.8. The second kappa shape index (κ2) is 8.34. The highest BCUT2D eigenvalue weighted by Gasteiger charge is 2.16. The van der Waals surface area contributed by atoms with Gasteiger partial charge in [0.2, 0.25) is 0 Å². The van der Waals surface area contributed by atoms with Crippen LogP contribution in [-0.2, 0) is 16.6 Å². The zero-order valence-corrected chi connectivity index (χ0v) is 16.8. The van der Waals surface area contributed by atoms with E-state index >= 15 is 0 Å². The fourth-order valence-corrected chi connectivity index (χ4v) is 4.13. The summed E-state index contributed by atoms with van der Waals surface area (Å²) in [5, 5.41) is 4.58. The van der Waals surface area contributed by atoms with Crippen LogP contribution in [0.15, 0.2) is 96.0 Å². The van der Waals surface area contributed by atoms with Crippen molar-refractivity contribution in [1.82, 2.24) is 10.3 Å². The summed E-state index contributed by atoms with van der Waals surface area (Å²) in [5.74, 6) is -0.313. The maximum atomic E-state index is 12.8. The van der Waals surface area contributed by atoms with Crippen LogP contribution in [0.2, 0.25) is 0 Å². The molecule has 0 saturated heterocycles. The van der Waals surface area contributed by atoms with Gasteiger partial charge in [0, 0.05) is 17.4 Å². The molecule has 6 nitrogen and oxygen atoms in total. The first kappa shape index (κ1) is 19.6. The average molecular weight is 417 g/mol. The minimum Gasteiger partial charge on any atom is -0.346 e. The predicted molar refractivity (Wildman–Crippen MR) is 117 cm³/mol. The van der Waals surface area contributed by atoms with Gasteiger partial charge in [0.05, 0.1) is 17.1 Å². The number of carbonyl (C=O) groups is 1. The van der Waals surface area contributed by atoms with E-state index in [-0.39, 0.29) is 17.3 Å². The zero-order valence-electron chi connectivity index (χ0n) is 15.9. The molecule has 2 N–H and O–H groups in total. The topological polar surface area (TPSA) is 88.2 Å². The number of anilines is 1. The number of nitrogens with zero attached hydrogens (tertiary/aromatic N) is 1. The summed E-state index contributed by atoms with van der Waals surface area (Å²) < 4.78 is 28.2. The molecule has 0 saturated carbocycles. The Bertz CT molecular complexity index is 1310. The maximum absolute atomic E-state index is 12.8. The number of benzene rings is 3. The molecule has 150 valence electrons. The molecular formula is C23H19N3O3S. The molecule has 1 heterocycles. The molecule has 0 aliphatic rings. The molecule has 0 aliphatic carbocycles. The first-order chi connectivity index (χ1) is 14.5. The quantitative estimate of drug-likeness (QED) is 0.497. The Kier molecular flexibility index (Phi) is 5.45. The predicted octanol–water partition coefficient (Wildman–Crippen LogP) is 3.97. The van der Waals surface area contributed by atoms with Crippen molar-refractivity contribution in [3.8, 4) is 0 Å². The average Bonchev–Trinajstić information content (AvgIpc) is 2.77. The number of nitrogens with one attached hydrogen (secondary N) is 2. The van der Waals surface area contributed by atoms with Crippen LogP contribution in [0.25, 0.3) is 10.8 Å². The van der Waals surface area contributed by atoms with Crippen molar-refractivity contribution >= 4 is 32.4 Å². The highest BCUT2D eigenvalue weighted by Crippen LogP contribution is 2.22. The van der Waals surface area contributed by atoms with E-state index in [4.69, 9.17) is 0 Å². The number of amides is 1. The van der Waals surface area contributed by atoms with Crippen LogP contribution in [-0.4, -0.2) is 19.3 Å². The normalized spacial score (nSPS) is 11.2. The van der Waals surface area contributed by atoms with E-state index < -0.39 is 10.0 Å². The van der Waals surface area contributed by atoms with Crippen LogP contribution in [0.5, 0.6) is 0 Å². The van der Waals surface area contributed by atoms with Gasteiger partial charge in [-0.3, -0.25) is 14.5 Å². The lowest BCUT2D eigenvalue weighted by molar-refractivity contribution is 0.0950. The number of fused-ring (bicyclic) bond motifs is 1. The molecule has 4 rings (SSSR count). The van der Waals surface area contributed by atoms with Gasteiger partial charge in [-0.2, -0.15) is 0 Å². The van der Waals surface area contributed by atoms with E-state index in [9.17, 15) is 13.2 Å². The van der Waals surface area contributed by atoms with E-state index in [1.165, 1.54) is 6.07 Å². The third-order valence-electron chi connectivity index (χ3n) is 4.56. The van der Waals surface area contributed by atoms with Crippen LogP contribution < -0.4 is 10.0 Å². The van der Waals surface area contributed by atoms with E-state index in [0.717, 1.165) is 16.5 Å². The summed E-state index contributed by atoms with van der Waals surface area (Å²) in [5.41, 5.74) is 1.40. The van der Waals surface area contributed by atoms with Crippen molar-refractivity contribution in [2.45, 2.75) is 11.4 Å². The van der Waals surface area contributed by atoms with E-state index in [2.05, 4.69) is 15.0 Å². The lowest BCUT2D eigenvalue weighted by atomic mass is 10.1. The van der Waals surface area contributed by atoms with Crippen molar-refractivity contribution < 1.29 is 13.2 Å². The Morgan fingerprint density at radius 2 is 1.63 bits per heavy atom. The number of hydrogen-bond donors (Lipinski definition) is 2. The lowest BCUT2D eigenvalue weighted by Gasteiger charge is -2.11. The molecular weight excluding hydrogens is 398 g/mol. The van der Waals surface area contributed by atoms with Gasteiger partial charge < -0.3 is 5.32 Å². The van der Waals surface area contributed by atoms with Gasteiger partial charge in [-0.25, -0.2) is 8.42 Å². The smallest absolute Gasteiger partial charge is 0.261 e. The van der Waals surface area contributed by atoms with E-state index in [0.29, 0.717) is 11.3 Å². The van der Waals surface area contributed by atoms with E-state index in [1.54, 1.807) is 48.7 Å². The molecule has 1 amide bonds. The molecule has 0 fully saturated rings. The number of rotatable bonds is 6. The maximum Gasteiger partial charge on any atom is 0.261 e. The van der Waals surface area contributed by atoms with Gasteiger partial charge in [-0.15, -0.1) is 0 Å².